The zero-order chi connectivity index (χ0) is 23.1. The summed E-state index contributed by atoms with van der Waals surface area (Å²) in [5.74, 6) is -1.11. The molecule has 7 nitrogen and oxygen atoms in total. The van der Waals surface area contributed by atoms with Crippen LogP contribution in [0.2, 0.25) is 0 Å². The third kappa shape index (κ3) is 5.87. The molecule has 2 atom stereocenters. The second-order valence-electron chi connectivity index (χ2n) is 8.31. The number of carbonyl (C=O) groups is 3. The number of hydrogen-bond acceptors (Lipinski definition) is 4. The molecule has 2 aromatic rings. The van der Waals surface area contributed by atoms with Crippen LogP contribution < -0.4 is 10.6 Å². The average molecular weight is 439 g/mol. The molecule has 0 radical (unpaired) electrons. The highest BCUT2D eigenvalue weighted by Gasteiger charge is 2.28. The van der Waals surface area contributed by atoms with Gasteiger partial charge in [0, 0.05) is 18.9 Å². The molecule has 1 unspecified atom stereocenters. The van der Waals surface area contributed by atoms with Crippen molar-refractivity contribution in [2.45, 2.75) is 45.1 Å². The molecule has 2 amide bonds. The van der Waals surface area contributed by atoms with Crippen molar-refractivity contribution < 1.29 is 24.2 Å². The van der Waals surface area contributed by atoms with Crippen molar-refractivity contribution in [1.82, 2.24) is 10.6 Å². The van der Waals surface area contributed by atoms with E-state index in [1.165, 1.54) is 29.2 Å². The number of carboxylic acids is 1. The third-order valence-corrected chi connectivity index (χ3v) is 5.86. The number of carboxylic acid groups (broad SMARTS) is 1. The molecule has 0 saturated heterocycles. The van der Waals surface area contributed by atoms with Crippen LogP contribution in [0.15, 0.2) is 48.5 Å². The lowest BCUT2D eigenvalue weighted by molar-refractivity contribution is -0.141. The van der Waals surface area contributed by atoms with Crippen LogP contribution in [0.5, 0.6) is 0 Å². The molecule has 0 heterocycles. The molecule has 0 aliphatic heterocycles. The first-order valence-electron chi connectivity index (χ1n) is 11.0. The van der Waals surface area contributed by atoms with E-state index in [9.17, 15) is 14.4 Å². The quantitative estimate of drug-likeness (QED) is 0.521. The minimum absolute atomic E-state index is 0.0266. The summed E-state index contributed by atoms with van der Waals surface area (Å²) in [5, 5.41) is 14.0. The molecular weight excluding hydrogens is 408 g/mol. The number of nitrogens with one attached hydrogen (secondary N) is 2. The molecule has 1 aliphatic rings. The van der Waals surface area contributed by atoms with E-state index in [1.54, 1.807) is 0 Å². The van der Waals surface area contributed by atoms with Crippen LogP contribution in [-0.4, -0.2) is 42.3 Å². The Labute approximate surface area is 188 Å². The average Bonchev–Trinajstić information content (AvgIpc) is 3.10. The lowest BCUT2D eigenvalue weighted by Crippen LogP contribution is -2.38. The summed E-state index contributed by atoms with van der Waals surface area (Å²) in [4.78, 5) is 34.7. The first-order chi connectivity index (χ1) is 15.4. The van der Waals surface area contributed by atoms with E-state index in [-0.39, 0.29) is 30.8 Å². The van der Waals surface area contributed by atoms with E-state index in [4.69, 9.17) is 9.84 Å². The number of benzene rings is 2. The van der Waals surface area contributed by atoms with Crippen LogP contribution in [0.1, 0.15) is 50.2 Å². The van der Waals surface area contributed by atoms with Gasteiger partial charge in [-0.3, -0.25) is 9.59 Å². The monoisotopic (exact) mass is 438 g/mol. The summed E-state index contributed by atoms with van der Waals surface area (Å²) in [5.41, 5.74) is 4.72. The van der Waals surface area contributed by atoms with Gasteiger partial charge in [-0.1, -0.05) is 55.5 Å². The van der Waals surface area contributed by atoms with Gasteiger partial charge in [-0.2, -0.15) is 0 Å². The molecule has 0 bridgehead atoms. The van der Waals surface area contributed by atoms with Crippen molar-refractivity contribution >= 4 is 18.0 Å². The van der Waals surface area contributed by atoms with Crippen LogP contribution in [-0.2, 0) is 14.3 Å². The fourth-order valence-electron chi connectivity index (χ4n) is 3.97. The lowest BCUT2D eigenvalue weighted by atomic mass is 9.98. The fraction of sp³-hybridized carbons (Fsp3) is 0.400. The number of carbonyl (C=O) groups excluding carboxylic acids is 2. The predicted octanol–water partition coefficient (Wildman–Crippen LogP) is 3.92. The molecule has 7 heteroatoms. The summed E-state index contributed by atoms with van der Waals surface area (Å²) >= 11 is 0. The molecule has 2 aromatic carbocycles. The number of aliphatic carboxylic acids is 1. The Morgan fingerprint density at radius 2 is 1.56 bits per heavy atom. The Morgan fingerprint density at radius 1 is 0.969 bits per heavy atom. The van der Waals surface area contributed by atoms with E-state index in [1.807, 2.05) is 31.2 Å². The van der Waals surface area contributed by atoms with Gasteiger partial charge in [-0.15, -0.1) is 0 Å². The highest BCUT2D eigenvalue weighted by Crippen LogP contribution is 2.44. The Kier molecular flexibility index (Phi) is 7.87. The van der Waals surface area contributed by atoms with Crippen molar-refractivity contribution in [2.24, 2.45) is 5.92 Å². The lowest BCUT2D eigenvalue weighted by Gasteiger charge is -2.16. The first-order valence-corrected chi connectivity index (χ1v) is 11.0. The number of fused-ring (bicyclic) bond motifs is 3. The molecule has 1 aliphatic carbocycles. The van der Waals surface area contributed by atoms with Crippen LogP contribution in [0, 0.1) is 5.92 Å². The Hall–Kier alpha value is -3.35. The van der Waals surface area contributed by atoms with Crippen molar-refractivity contribution in [1.29, 1.82) is 0 Å². The zero-order valence-electron chi connectivity index (χ0n) is 18.5. The maximum Gasteiger partial charge on any atom is 0.407 e. The Morgan fingerprint density at radius 3 is 2.16 bits per heavy atom. The summed E-state index contributed by atoms with van der Waals surface area (Å²) in [6, 6.07) is 15.5. The van der Waals surface area contributed by atoms with Gasteiger partial charge in [0.1, 0.15) is 12.6 Å². The minimum atomic E-state index is -1.06. The highest BCUT2D eigenvalue weighted by atomic mass is 16.5. The number of hydrogen-bond donors (Lipinski definition) is 3. The predicted molar refractivity (Wildman–Crippen MR) is 121 cm³/mol. The molecule has 0 saturated carbocycles. The maximum atomic E-state index is 12.2. The number of ether oxygens (including phenoxy) is 1. The van der Waals surface area contributed by atoms with Gasteiger partial charge >= 0.3 is 12.1 Å². The van der Waals surface area contributed by atoms with Gasteiger partial charge in [0.25, 0.3) is 0 Å². The third-order valence-electron chi connectivity index (χ3n) is 5.86. The molecular formula is C25H30N2O5. The summed E-state index contributed by atoms with van der Waals surface area (Å²) in [6.07, 6.45) is 1.12. The summed E-state index contributed by atoms with van der Waals surface area (Å²) in [6.45, 7) is 4.15. The van der Waals surface area contributed by atoms with Gasteiger partial charge in [0.15, 0.2) is 0 Å². The molecule has 0 spiro atoms. The largest absolute Gasteiger partial charge is 0.480 e. The molecule has 3 N–H and O–H groups in total. The number of alkyl carbamates (subject to hydrolysis) is 1. The fourth-order valence-corrected chi connectivity index (χ4v) is 3.97. The Bertz CT molecular complexity index is 929. The van der Waals surface area contributed by atoms with E-state index in [0.29, 0.717) is 19.4 Å². The maximum absolute atomic E-state index is 12.2. The van der Waals surface area contributed by atoms with Crippen LogP contribution in [0.3, 0.4) is 0 Å². The van der Waals surface area contributed by atoms with Crippen molar-refractivity contribution in [3.05, 3.63) is 59.7 Å². The number of amides is 2. The smallest absolute Gasteiger partial charge is 0.407 e. The molecule has 32 heavy (non-hydrogen) atoms. The van der Waals surface area contributed by atoms with Crippen LogP contribution in [0.4, 0.5) is 4.79 Å². The Balaban J connectivity index is 1.39. The van der Waals surface area contributed by atoms with E-state index in [2.05, 4.69) is 34.9 Å². The zero-order valence-corrected chi connectivity index (χ0v) is 18.5. The van der Waals surface area contributed by atoms with Gasteiger partial charge in [-0.25, -0.2) is 4.79 Å². The summed E-state index contributed by atoms with van der Waals surface area (Å²) in [7, 11) is 0. The normalized spacial score (nSPS) is 14.1. The second-order valence-corrected chi connectivity index (χ2v) is 8.31. The van der Waals surface area contributed by atoms with Crippen LogP contribution in [0.25, 0.3) is 11.1 Å². The number of rotatable bonds is 10. The minimum Gasteiger partial charge on any atom is -0.480 e. The molecule has 0 aromatic heterocycles. The van der Waals surface area contributed by atoms with Crippen molar-refractivity contribution in [2.75, 3.05) is 13.2 Å². The van der Waals surface area contributed by atoms with E-state index >= 15 is 0 Å². The summed E-state index contributed by atoms with van der Waals surface area (Å²) < 4.78 is 5.52. The molecule has 170 valence electrons. The SMILES string of the molecule is CC(CCNC(=O)OCC1c2ccccc2-c2ccccc21)CCC(=O)N[C@H](C)C(=O)O. The van der Waals surface area contributed by atoms with Gasteiger partial charge < -0.3 is 20.5 Å². The van der Waals surface area contributed by atoms with Crippen LogP contribution >= 0.6 is 0 Å². The molecule has 3 rings (SSSR count). The first kappa shape index (κ1) is 23.3. The van der Waals surface area contributed by atoms with Gasteiger partial charge in [0.2, 0.25) is 5.91 Å². The molecule has 0 fully saturated rings. The van der Waals surface area contributed by atoms with Crippen molar-refractivity contribution in [3.8, 4) is 11.1 Å². The van der Waals surface area contributed by atoms with Gasteiger partial charge in [-0.05, 0) is 47.9 Å². The van der Waals surface area contributed by atoms with E-state index < -0.39 is 18.1 Å². The van der Waals surface area contributed by atoms with E-state index in [0.717, 1.165) is 0 Å². The van der Waals surface area contributed by atoms with Crippen molar-refractivity contribution in [3.63, 3.8) is 0 Å². The topological polar surface area (TPSA) is 105 Å². The second kappa shape index (κ2) is 10.8. The van der Waals surface area contributed by atoms with Gasteiger partial charge in [0.05, 0.1) is 0 Å². The standard InChI is InChI=1S/C25H30N2O5/c1-16(11-12-23(28)27-17(2)24(29)30)13-14-26-25(31)32-15-22-20-9-5-3-7-18(20)19-8-4-6-10-21(19)22/h3-10,16-17,22H,11-15H2,1-2H3,(H,26,31)(H,27,28)(H,29,30)/t16?,17-/m1/s1. The highest BCUT2D eigenvalue weighted by molar-refractivity contribution is 5.83.